The molecule has 2 aliphatic rings. The number of hydrogen-bond donors (Lipinski definition) is 0. The van der Waals surface area contributed by atoms with Crippen LogP contribution in [0.25, 0.3) is 77.2 Å². The van der Waals surface area contributed by atoms with Crippen molar-refractivity contribution in [2.24, 2.45) is 0 Å². The second-order valence-corrected chi connectivity index (χ2v) is 17.1. The second kappa shape index (κ2) is 14.4. The van der Waals surface area contributed by atoms with Crippen LogP contribution in [0.4, 0.5) is 17.1 Å². The smallest absolute Gasteiger partial charge is 0.0726 e. The van der Waals surface area contributed by atoms with Crippen molar-refractivity contribution in [3.63, 3.8) is 0 Å². The molecule has 0 aliphatic heterocycles. The van der Waals surface area contributed by atoms with Crippen molar-refractivity contribution >= 4 is 38.6 Å². The molecule has 0 radical (unpaired) electrons. The number of fused-ring (bicyclic) bond motifs is 12. The van der Waals surface area contributed by atoms with Gasteiger partial charge in [-0.3, -0.25) is 0 Å². The molecule has 0 aromatic heterocycles. The second-order valence-electron chi connectivity index (χ2n) is 17.1. The van der Waals surface area contributed by atoms with Gasteiger partial charge in [0.05, 0.1) is 11.1 Å². The summed E-state index contributed by atoms with van der Waals surface area (Å²) in [6.07, 6.45) is 0. The zero-order valence-corrected chi connectivity index (χ0v) is 35.1. The van der Waals surface area contributed by atoms with Crippen molar-refractivity contribution in [1.29, 1.82) is 0 Å². The third-order valence-corrected chi connectivity index (χ3v) is 13.9. The molecule has 0 N–H and O–H groups in total. The highest BCUT2D eigenvalue weighted by atomic mass is 15.1. The largest absolute Gasteiger partial charge is 0.310 e. The molecule has 0 saturated heterocycles. The fraction of sp³-hybridized carbons (Fsp3) is 0.0159. The van der Waals surface area contributed by atoms with Crippen molar-refractivity contribution in [2.75, 3.05) is 4.90 Å². The van der Waals surface area contributed by atoms with Crippen LogP contribution in [0.5, 0.6) is 0 Å². The Morgan fingerprint density at radius 1 is 0.266 bits per heavy atom. The molecule has 2 aliphatic carbocycles. The van der Waals surface area contributed by atoms with E-state index in [1.165, 1.54) is 99.4 Å². The summed E-state index contributed by atoms with van der Waals surface area (Å²) in [7, 11) is 0. The first-order valence-electron chi connectivity index (χ1n) is 22.3. The first-order valence-corrected chi connectivity index (χ1v) is 22.3. The van der Waals surface area contributed by atoms with Gasteiger partial charge in [-0.15, -0.1) is 0 Å². The molecule has 0 atom stereocenters. The standard InChI is InChI=1S/C63H41N/c1-2-17-42(18-3-1)43-35-37-46(38-36-43)64(47-39-40-54-53-27-10-13-33-59(53)63(60(54)41-47)57-31-11-8-25-51(57)52-26-9-12-32-58(52)63)61-34-16-30-56(50-28-14-21-44-19-4-6-23-48(44)50)62(61)55-29-15-22-45-20-5-7-24-49(45)55/h1-41H. The van der Waals surface area contributed by atoms with Gasteiger partial charge in [-0.1, -0.05) is 218 Å². The molecule has 298 valence electrons. The van der Waals surface area contributed by atoms with E-state index < -0.39 is 5.41 Å². The molecule has 0 bridgehead atoms. The quantitative estimate of drug-likeness (QED) is 0.162. The van der Waals surface area contributed by atoms with Gasteiger partial charge in [0, 0.05) is 16.9 Å². The maximum Gasteiger partial charge on any atom is 0.0726 e. The number of hydrogen-bond acceptors (Lipinski definition) is 1. The molecule has 0 unspecified atom stereocenters. The molecule has 64 heavy (non-hydrogen) atoms. The Bertz CT molecular complexity index is 3540. The minimum absolute atomic E-state index is 0.471. The molecule has 0 amide bonds. The summed E-state index contributed by atoms with van der Waals surface area (Å²) < 4.78 is 0. The van der Waals surface area contributed by atoms with Gasteiger partial charge in [0.25, 0.3) is 0 Å². The summed E-state index contributed by atoms with van der Waals surface area (Å²) in [5.41, 5.74) is 20.6. The summed E-state index contributed by atoms with van der Waals surface area (Å²) in [5, 5.41) is 4.90. The molecule has 1 nitrogen and oxygen atoms in total. The lowest BCUT2D eigenvalue weighted by Gasteiger charge is -2.33. The molecule has 0 fully saturated rings. The zero-order valence-electron chi connectivity index (χ0n) is 35.1. The summed E-state index contributed by atoms with van der Waals surface area (Å²) in [5.74, 6) is 0. The van der Waals surface area contributed by atoms with Crippen molar-refractivity contribution in [3.05, 3.63) is 271 Å². The van der Waals surface area contributed by atoms with E-state index in [-0.39, 0.29) is 0 Å². The molecular weight excluding hydrogens is 771 g/mol. The monoisotopic (exact) mass is 811 g/mol. The Hall–Kier alpha value is -8.26. The molecule has 1 heteroatoms. The van der Waals surface area contributed by atoms with E-state index in [1.807, 2.05) is 0 Å². The van der Waals surface area contributed by atoms with Crippen molar-refractivity contribution in [2.45, 2.75) is 5.41 Å². The normalized spacial score (nSPS) is 12.8. The molecule has 0 saturated carbocycles. The fourth-order valence-corrected chi connectivity index (χ4v) is 11.2. The Kier molecular flexibility index (Phi) is 8.20. The van der Waals surface area contributed by atoms with Crippen LogP contribution in [0.2, 0.25) is 0 Å². The Morgan fingerprint density at radius 2 is 0.703 bits per heavy atom. The van der Waals surface area contributed by atoms with Crippen LogP contribution in [-0.2, 0) is 5.41 Å². The first-order chi connectivity index (χ1) is 31.8. The van der Waals surface area contributed by atoms with Crippen molar-refractivity contribution < 1.29 is 0 Å². The third-order valence-electron chi connectivity index (χ3n) is 13.9. The number of benzene rings is 11. The summed E-state index contributed by atoms with van der Waals surface area (Å²) in [6, 6.07) is 92.3. The molecule has 11 aromatic rings. The molecule has 13 rings (SSSR count). The van der Waals surface area contributed by atoms with Gasteiger partial charge in [-0.05, 0) is 124 Å². The van der Waals surface area contributed by atoms with Gasteiger partial charge in [-0.2, -0.15) is 0 Å². The maximum absolute atomic E-state index is 2.52. The lowest BCUT2D eigenvalue weighted by Crippen LogP contribution is -2.26. The van der Waals surface area contributed by atoms with E-state index in [1.54, 1.807) is 0 Å². The van der Waals surface area contributed by atoms with Crippen LogP contribution in [0.3, 0.4) is 0 Å². The highest BCUT2D eigenvalue weighted by Crippen LogP contribution is 2.63. The van der Waals surface area contributed by atoms with Crippen molar-refractivity contribution in [3.8, 4) is 55.6 Å². The van der Waals surface area contributed by atoms with Crippen LogP contribution in [0.1, 0.15) is 22.3 Å². The van der Waals surface area contributed by atoms with E-state index in [4.69, 9.17) is 0 Å². The van der Waals surface area contributed by atoms with Gasteiger partial charge in [0.2, 0.25) is 0 Å². The van der Waals surface area contributed by atoms with E-state index in [9.17, 15) is 0 Å². The van der Waals surface area contributed by atoms with E-state index in [2.05, 4.69) is 254 Å². The Morgan fingerprint density at radius 3 is 1.34 bits per heavy atom. The Balaban J connectivity index is 1.12. The van der Waals surface area contributed by atoms with Gasteiger partial charge >= 0.3 is 0 Å². The lowest BCUT2D eigenvalue weighted by atomic mass is 9.70. The van der Waals surface area contributed by atoms with Gasteiger partial charge in [0.1, 0.15) is 0 Å². The van der Waals surface area contributed by atoms with E-state index in [0.717, 1.165) is 17.1 Å². The first kappa shape index (κ1) is 36.4. The maximum atomic E-state index is 2.52. The highest BCUT2D eigenvalue weighted by molar-refractivity contribution is 6.10. The summed E-state index contributed by atoms with van der Waals surface area (Å²) in [4.78, 5) is 2.52. The van der Waals surface area contributed by atoms with E-state index >= 15 is 0 Å². The average Bonchev–Trinajstić information content (AvgIpc) is 3.84. The summed E-state index contributed by atoms with van der Waals surface area (Å²) in [6.45, 7) is 0. The fourth-order valence-electron chi connectivity index (χ4n) is 11.2. The van der Waals surface area contributed by atoms with Crippen LogP contribution in [0.15, 0.2) is 249 Å². The van der Waals surface area contributed by atoms with Crippen molar-refractivity contribution in [1.82, 2.24) is 0 Å². The number of anilines is 3. The van der Waals surface area contributed by atoms with Gasteiger partial charge < -0.3 is 4.90 Å². The average molecular weight is 812 g/mol. The number of rotatable bonds is 6. The topological polar surface area (TPSA) is 3.24 Å². The number of nitrogens with zero attached hydrogens (tertiary/aromatic N) is 1. The SMILES string of the molecule is c1ccc(-c2ccc(N(c3ccc4c(c3)C3(c5ccccc5-c5ccccc53)c3ccccc3-4)c3cccc(-c4cccc5ccccc45)c3-c3cccc4ccccc34)cc2)cc1. The highest BCUT2D eigenvalue weighted by Gasteiger charge is 2.51. The van der Waals surface area contributed by atoms with Crippen LogP contribution in [-0.4, -0.2) is 0 Å². The zero-order chi connectivity index (χ0) is 42.2. The molecule has 0 heterocycles. The van der Waals surface area contributed by atoms with E-state index in [0.29, 0.717) is 0 Å². The van der Waals surface area contributed by atoms with Gasteiger partial charge in [0.15, 0.2) is 0 Å². The lowest BCUT2D eigenvalue weighted by molar-refractivity contribution is 0.793. The Labute approximate surface area is 373 Å². The van der Waals surface area contributed by atoms with Crippen LogP contribution >= 0.6 is 0 Å². The van der Waals surface area contributed by atoms with Crippen LogP contribution in [0, 0.1) is 0 Å². The summed E-state index contributed by atoms with van der Waals surface area (Å²) >= 11 is 0. The molecule has 11 aromatic carbocycles. The van der Waals surface area contributed by atoms with Crippen LogP contribution < -0.4 is 4.90 Å². The third kappa shape index (κ3) is 5.31. The minimum atomic E-state index is -0.471. The van der Waals surface area contributed by atoms with Gasteiger partial charge in [-0.25, -0.2) is 0 Å². The molecular formula is C63H41N. The molecule has 1 spiro atoms. The minimum Gasteiger partial charge on any atom is -0.310 e. The predicted molar refractivity (Wildman–Crippen MR) is 269 cm³/mol. The predicted octanol–water partition coefficient (Wildman–Crippen LogP) is 16.8.